The highest BCUT2D eigenvalue weighted by molar-refractivity contribution is 5.08. The van der Waals surface area contributed by atoms with Gasteiger partial charge in [-0.2, -0.15) is 0 Å². The lowest BCUT2D eigenvalue weighted by atomic mass is 10.00. The van der Waals surface area contributed by atoms with E-state index in [1.165, 1.54) is 31.3 Å². The van der Waals surface area contributed by atoms with Crippen LogP contribution in [0.25, 0.3) is 0 Å². The van der Waals surface area contributed by atoms with Gasteiger partial charge in [-0.1, -0.05) is 38.7 Å². The van der Waals surface area contributed by atoms with E-state index in [1.54, 1.807) is 0 Å². The lowest BCUT2D eigenvalue weighted by molar-refractivity contribution is 0.605. The lowest BCUT2D eigenvalue weighted by Crippen LogP contribution is -2.03. The highest BCUT2D eigenvalue weighted by atomic mass is 14.6. The van der Waals surface area contributed by atoms with Gasteiger partial charge in [0.05, 0.1) is 0 Å². The van der Waals surface area contributed by atoms with Crippen LogP contribution in [0.15, 0.2) is 11.3 Å². The standard InChI is InChI=1S/C14H30N2/c1-12(2)11-13(3)14(16)9-7-5-4-6-8-10-15/h12H,4-11,15-16H2,1-3H3. The van der Waals surface area contributed by atoms with Gasteiger partial charge in [0.15, 0.2) is 0 Å². The fourth-order valence-corrected chi connectivity index (χ4v) is 1.95. The first-order chi connectivity index (χ1) is 7.57. The Balaban J connectivity index is 3.59. The smallest absolute Gasteiger partial charge is 0.00696 e. The predicted octanol–water partition coefficient (Wildman–Crippen LogP) is 3.56. The van der Waals surface area contributed by atoms with Crippen LogP contribution in [0, 0.1) is 5.92 Å². The summed E-state index contributed by atoms with van der Waals surface area (Å²) in [6.45, 7) is 7.48. The Morgan fingerprint density at radius 3 is 2.12 bits per heavy atom. The molecule has 4 N–H and O–H groups in total. The fourth-order valence-electron chi connectivity index (χ4n) is 1.95. The number of rotatable bonds is 9. The lowest BCUT2D eigenvalue weighted by Gasteiger charge is -2.10. The summed E-state index contributed by atoms with van der Waals surface area (Å²) < 4.78 is 0. The average Bonchev–Trinajstić information content (AvgIpc) is 2.21. The van der Waals surface area contributed by atoms with Crippen molar-refractivity contribution in [3.05, 3.63) is 11.3 Å². The monoisotopic (exact) mass is 226 g/mol. The maximum absolute atomic E-state index is 6.07. The van der Waals surface area contributed by atoms with Crippen molar-refractivity contribution in [3.63, 3.8) is 0 Å². The summed E-state index contributed by atoms with van der Waals surface area (Å²) in [7, 11) is 0. The Morgan fingerprint density at radius 2 is 1.56 bits per heavy atom. The SMILES string of the molecule is CC(CC(C)C)=C(N)CCCCCCCN. The van der Waals surface area contributed by atoms with Crippen LogP contribution in [-0.2, 0) is 0 Å². The Bertz CT molecular complexity index is 195. The maximum atomic E-state index is 6.07. The molecule has 0 aliphatic rings. The molecule has 2 nitrogen and oxygen atoms in total. The summed E-state index contributed by atoms with van der Waals surface area (Å²) in [5.74, 6) is 0.711. The Morgan fingerprint density at radius 1 is 1.00 bits per heavy atom. The highest BCUT2D eigenvalue weighted by Gasteiger charge is 2.01. The minimum absolute atomic E-state index is 0.711. The van der Waals surface area contributed by atoms with Crippen molar-refractivity contribution < 1.29 is 0 Å². The molecule has 0 bridgehead atoms. The number of nitrogens with two attached hydrogens (primary N) is 2. The van der Waals surface area contributed by atoms with Crippen molar-refractivity contribution in [2.24, 2.45) is 17.4 Å². The molecule has 0 saturated heterocycles. The van der Waals surface area contributed by atoms with Gasteiger partial charge in [0.1, 0.15) is 0 Å². The van der Waals surface area contributed by atoms with Gasteiger partial charge in [-0.15, -0.1) is 0 Å². The molecular weight excluding hydrogens is 196 g/mol. The second-order valence-corrected chi connectivity index (χ2v) is 5.21. The second kappa shape index (κ2) is 9.71. The summed E-state index contributed by atoms with van der Waals surface area (Å²) >= 11 is 0. The summed E-state index contributed by atoms with van der Waals surface area (Å²) in [6, 6.07) is 0. The molecule has 0 fully saturated rings. The zero-order valence-electron chi connectivity index (χ0n) is 11.4. The normalized spacial score (nSPS) is 13.1. The third-order valence-corrected chi connectivity index (χ3v) is 2.91. The van der Waals surface area contributed by atoms with Gasteiger partial charge in [0, 0.05) is 5.70 Å². The molecule has 96 valence electrons. The minimum Gasteiger partial charge on any atom is -0.402 e. The topological polar surface area (TPSA) is 52.0 Å². The number of allylic oxidation sites excluding steroid dienone is 2. The molecule has 0 aromatic heterocycles. The van der Waals surface area contributed by atoms with Crippen LogP contribution >= 0.6 is 0 Å². The van der Waals surface area contributed by atoms with E-state index in [-0.39, 0.29) is 0 Å². The van der Waals surface area contributed by atoms with Gasteiger partial charge >= 0.3 is 0 Å². The van der Waals surface area contributed by atoms with Crippen LogP contribution in [0.2, 0.25) is 0 Å². The van der Waals surface area contributed by atoms with Crippen molar-refractivity contribution in [1.29, 1.82) is 0 Å². The Hall–Kier alpha value is -0.500. The van der Waals surface area contributed by atoms with Crippen LogP contribution < -0.4 is 11.5 Å². The van der Waals surface area contributed by atoms with Crippen LogP contribution in [0.5, 0.6) is 0 Å². The van der Waals surface area contributed by atoms with Crippen LogP contribution in [0.4, 0.5) is 0 Å². The summed E-state index contributed by atoms with van der Waals surface area (Å²) in [5, 5.41) is 0. The van der Waals surface area contributed by atoms with Gasteiger partial charge in [0.2, 0.25) is 0 Å². The molecule has 0 heterocycles. The first-order valence-electron chi connectivity index (χ1n) is 6.72. The Labute approximate surface area is 101 Å². The van der Waals surface area contributed by atoms with Gasteiger partial charge in [-0.3, -0.25) is 0 Å². The summed E-state index contributed by atoms with van der Waals surface area (Å²) in [4.78, 5) is 0. The first kappa shape index (κ1) is 15.5. The van der Waals surface area contributed by atoms with Gasteiger partial charge in [0.25, 0.3) is 0 Å². The molecule has 0 spiro atoms. The van der Waals surface area contributed by atoms with E-state index >= 15 is 0 Å². The fraction of sp³-hybridized carbons (Fsp3) is 0.857. The molecule has 0 aromatic rings. The van der Waals surface area contributed by atoms with Crippen LogP contribution in [0.1, 0.15) is 65.7 Å². The molecule has 0 radical (unpaired) electrons. The molecule has 0 aliphatic heterocycles. The summed E-state index contributed by atoms with van der Waals surface area (Å²) in [5.41, 5.74) is 14.0. The van der Waals surface area contributed by atoms with E-state index in [4.69, 9.17) is 11.5 Å². The molecule has 16 heavy (non-hydrogen) atoms. The van der Waals surface area contributed by atoms with E-state index < -0.39 is 0 Å². The molecule has 0 unspecified atom stereocenters. The predicted molar refractivity (Wildman–Crippen MR) is 73.1 cm³/mol. The molecule has 0 saturated carbocycles. The first-order valence-corrected chi connectivity index (χ1v) is 6.72. The van der Waals surface area contributed by atoms with Crippen molar-refractivity contribution in [2.45, 2.75) is 65.7 Å². The highest BCUT2D eigenvalue weighted by Crippen LogP contribution is 2.16. The molecule has 0 rings (SSSR count). The minimum atomic E-state index is 0.711. The third-order valence-electron chi connectivity index (χ3n) is 2.91. The van der Waals surface area contributed by atoms with Gasteiger partial charge < -0.3 is 11.5 Å². The zero-order chi connectivity index (χ0) is 12.4. The summed E-state index contributed by atoms with van der Waals surface area (Å²) in [6.07, 6.45) is 8.46. The van der Waals surface area contributed by atoms with Gasteiger partial charge in [-0.05, 0) is 45.1 Å². The number of hydrogen-bond acceptors (Lipinski definition) is 2. The zero-order valence-corrected chi connectivity index (χ0v) is 11.4. The quantitative estimate of drug-likeness (QED) is 0.591. The molecule has 0 atom stereocenters. The van der Waals surface area contributed by atoms with Crippen molar-refractivity contribution in [2.75, 3.05) is 6.54 Å². The largest absolute Gasteiger partial charge is 0.402 e. The molecule has 0 aromatic carbocycles. The molecule has 0 aliphatic carbocycles. The third kappa shape index (κ3) is 8.78. The average molecular weight is 226 g/mol. The van der Waals surface area contributed by atoms with E-state index in [1.807, 2.05) is 0 Å². The second-order valence-electron chi connectivity index (χ2n) is 5.21. The van der Waals surface area contributed by atoms with Crippen LogP contribution in [-0.4, -0.2) is 6.54 Å². The van der Waals surface area contributed by atoms with E-state index in [0.717, 1.165) is 31.5 Å². The van der Waals surface area contributed by atoms with E-state index in [0.29, 0.717) is 5.92 Å². The van der Waals surface area contributed by atoms with E-state index in [9.17, 15) is 0 Å². The molecule has 2 heteroatoms. The van der Waals surface area contributed by atoms with Crippen molar-refractivity contribution >= 4 is 0 Å². The molecule has 0 amide bonds. The van der Waals surface area contributed by atoms with E-state index in [2.05, 4.69) is 20.8 Å². The Kier molecular flexibility index (Phi) is 9.40. The van der Waals surface area contributed by atoms with Crippen LogP contribution in [0.3, 0.4) is 0 Å². The number of unbranched alkanes of at least 4 members (excludes halogenated alkanes) is 4. The molecular formula is C14H30N2. The van der Waals surface area contributed by atoms with Crippen molar-refractivity contribution in [1.82, 2.24) is 0 Å². The van der Waals surface area contributed by atoms with Gasteiger partial charge in [-0.25, -0.2) is 0 Å². The van der Waals surface area contributed by atoms with Crippen molar-refractivity contribution in [3.8, 4) is 0 Å². The number of hydrogen-bond donors (Lipinski definition) is 2. The maximum Gasteiger partial charge on any atom is 0.00696 e.